The van der Waals surface area contributed by atoms with Crippen molar-refractivity contribution in [3.05, 3.63) is 0 Å². The second-order valence-corrected chi connectivity index (χ2v) is 3.46. The molecule has 0 aliphatic carbocycles. The van der Waals surface area contributed by atoms with Gasteiger partial charge in [0.1, 0.15) is 5.37 Å². The molecule has 0 bridgehead atoms. The zero-order valence-electron chi connectivity index (χ0n) is 6.67. The van der Waals surface area contributed by atoms with Gasteiger partial charge in [-0.2, -0.15) is 5.10 Å². The summed E-state index contributed by atoms with van der Waals surface area (Å²) in [6.45, 7) is 2.02. The van der Waals surface area contributed by atoms with E-state index < -0.39 is 0 Å². The Hall–Kier alpha value is -1.11. The van der Waals surface area contributed by atoms with Crippen molar-refractivity contribution in [3.63, 3.8) is 0 Å². The summed E-state index contributed by atoms with van der Waals surface area (Å²) >= 11 is 1.51. The quantitative estimate of drug-likeness (QED) is 0.610. The molecule has 0 spiro atoms. The molecule has 6 nitrogen and oxygen atoms in total. The third-order valence-electron chi connectivity index (χ3n) is 1.52. The summed E-state index contributed by atoms with van der Waals surface area (Å²) in [7, 11) is 1.78. The lowest BCUT2D eigenvalue weighted by Crippen LogP contribution is -2.23. The van der Waals surface area contributed by atoms with E-state index in [1.54, 1.807) is 16.7 Å². The van der Waals surface area contributed by atoms with Gasteiger partial charge < -0.3 is 0 Å². The van der Waals surface area contributed by atoms with Gasteiger partial charge >= 0.3 is 0 Å². The number of hydrogen-bond acceptors (Lipinski definition) is 6. The highest BCUT2D eigenvalue weighted by Crippen LogP contribution is 2.24. The van der Waals surface area contributed by atoms with Crippen molar-refractivity contribution >= 4 is 23.3 Å². The lowest BCUT2D eigenvalue weighted by Gasteiger charge is -2.15. The van der Waals surface area contributed by atoms with Crippen molar-refractivity contribution in [1.82, 2.24) is 20.2 Å². The zero-order chi connectivity index (χ0) is 8.55. The zero-order valence-corrected chi connectivity index (χ0v) is 7.49. The predicted molar refractivity (Wildman–Crippen MR) is 45.8 cm³/mol. The number of nitrogens with zero attached hydrogens (tertiary/aromatic N) is 6. The molecule has 0 N–H and O–H groups in total. The van der Waals surface area contributed by atoms with Crippen LogP contribution in [0.4, 0.5) is 5.95 Å². The first-order valence-electron chi connectivity index (χ1n) is 3.42. The number of anilines is 1. The van der Waals surface area contributed by atoms with Crippen LogP contribution in [0.25, 0.3) is 0 Å². The Balaban J connectivity index is 2.30. The maximum Gasteiger partial charge on any atom is 0.266 e. The molecule has 0 saturated heterocycles. The molecule has 12 heavy (non-hydrogen) atoms. The van der Waals surface area contributed by atoms with E-state index in [1.165, 1.54) is 11.8 Å². The Morgan fingerprint density at radius 2 is 2.42 bits per heavy atom. The minimum absolute atomic E-state index is 0.217. The molecule has 1 atom stereocenters. The fourth-order valence-electron chi connectivity index (χ4n) is 0.901. The van der Waals surface area contributed by atoms with Crippen LogP contribution in [0.1, 0.15) is 6.92 Å². The average Bonchev–Trinajstić information content (AvgIpc) is 2.59. The molecule has 0 fully saturated rings. The Kier molecular flexibility index (Phi) is 1.72. The van der Waals surface area contributed by atoms with Crippen LogP contribution in [0.5, 0.6) is 0 Å². The fraction of sp³-hybridized carbons (Fsp3) is 0.600. The summed E-state index contributed by atoms with van der Waals surface area (Å²) in [6, 6.07) is 0. The molecule has 1 aromatic heterocycles. The van der Waals surface area contributed by atoms with Gasteiger partial charge in [-0.3, -0.25) is 0 Å². The Bertz CT molecular complexity index is 307. The Morgan fingerprint density at radius 1 is 1.58 bits per heavy atom. The second kappa shape index (κ2) is 2.74. The topological polar surface area (TPSA) is 59.2 Å². The van der Waals surface area contributed by atoms with Crippen LogP contribution in [0.2, 0.25) is 0 Å². The number of rotatable bonds is 1. The first-order chi connectivity index (χ1) is 5.79. The average molecular weight is 183 g/mol. The lowest BCUT2D eigenvalue weighted by atomic mass is 10.7. The molecule has 7 heteroatoms. The number of thioether (sulfide) groups is 1. The van der Waals surface area contributed by atoms with Crippen molar-refractivity contribution in [3.8, 4) is 0 Å². The maximum absolute atomic E-state index is 4.00. The molecule has 0 aromatic carbocycles. The SMILES string of the molecule is CC1S[C]=NN1c1nnnn1C. The van der Waals surface area contributed by atoms with Crippen molar-refractivity contribution in [2.75, 3.05) is 5.01 Å². The van der Waals surface area contributed by atoms with Gasteiger partial charge in [-0.15, -0.1) is 0 Å². The molecule has 1 aliphatic heterocycles. The molecular formula is C5H7N6S. The van der Waals surface area contributed by atoms with Gasteiger partial charge in [0.2, 0.25) is 0 Å². The van der Waals surface area contributed by atoms with Crippen molar-refractivity contribution in [1.29, 1.82) is 0 Å². The van der Waals surface area contributed by atoms with Crippen LogP contribution in [-0.2, 0) is 7.05 Å². The van der Waals surface area contributed by atoms with Crippen LogP contribution >= 0.6 is 11.8 Å². The number of aryl methyl sites for hydroxylation is 1. The van der Waals surface area contributed by atoms with Crippen LogP contribution < -0.4 is 5.01 Å². The van der Waals surface area contributed by atoms with Gasteiger partial charge in [-0.05, 0) is 17.4 Å². The van der Waals surface area contributed by atoms with E-state index >= 15 is 0 Å². The molecule has 0 saturated carbocycles. The van der Waals surface area contributed by atoms with Gasteiger partial charge in [0, 0.05) is 7.05 Å². The van der Waals surface area contributed by atoms with Crippen LogP contribution in [0.15, 0.2) is 5.10 Å². The Labute approximate surface area is 73.6 Å². The van der Waals surface area contributed by atoms with E-state index in [0.717, 1.165) is 0 Å². The van der Waals surface area contributed by atoms with Crippen LogP contribution in [0.3, 0.4) is 0 Å². The molecule has 1 unspecified atom stereocenters. The van der Waals surface area contributed by atoms with E-state index in [0.29, 0.717) is 5.95 Å². The summed E-state index contributed by atoms with van der Waals surface area (Å²) < 4.78 is 1.58. The normalized spacial score (nSPS) is 22.2. The van der Waals surface area contributed by atoms with Gasteiger partial charge in [-0.1, -0.05) is 16.9 Å². The number of hydrogen-bond donors (Lipinski definition) is 0. The predicted octanol–water partition coefficient (Wildman–Crippen LogP) is -0.0704. The number of hydrazone groups is 1. The lowest BCUT2D eigenvalue weighted by molar-refractivity contribution is 0.688. The van der Waals surface area contributed by atoms with Gasteiger partial charge in [-0.25, -0.2) is 9.69 Å². The fourth-order valence-corrected chi connectivity index (χ4v) is 1.43. The van der Waals surface area contributed by atoms with Crippen LogP contribution in [-0.4, -0.2) is 31.1 Å². The third-order valence-corrected chi connectivity index (χ3v) is 2.25. The summed E-state index contributed by atoms with van der Waals surface area (Å²) in [6.07, 6.45) is 0. The monoisotopic (exact) mass is 183 g/mol. The van der Waals surface area contributed by atoms with Gasteiger partial charge in [0.25, 0.3) is 5.95 Å². The van der Waals surface area contributed by atoms with E-state index in [2.05, 4.69) is 26.2 Å². The highest BCUT2D eigenvalue weighted by molar-refractivity contribution is 8.12. The molecule has 63 valence electrons. The summed E-state index contributed by atoms with van der Waals surface area (Å²) in [4.78, 5) is 0. The summed E-state index contributed by atoms with van der Waals surface area (Å²) in [5.41, 5.74) is 2.80. The number of tetrazole rings is 1. The molecule has 1 aromatic rings. The first-order valence-corrected chi connectivity index (χ1v) is 4.30. The van der Waals surface area contributed by atoms with E-state index in [-0.39, 0.29) is 5.37 Å². The maximum atomic E-state index is 4.00. The summed E-state index contributed by atoms with van der Waals surface area (Å²) in [5, 5.41) is 17.0. The molecule has 0 amide bonds. The van der Waals surface area contributed by atoms with E-state index in [9.17, 15) is 0 Å². The van der Waals surface area contributed by atoms with Crippen molar-refractivity contribution in [2.45, 2.75) is 12.3 Å². The first kappa shape index (κ1) is 7.53. The standard InChI is InChI=1S/C5H7N6S/c1-4-11(6-3-12-4)5-7-8-9-10(5)2/h4H,1-2H3. The Morgan fingerprint density at radius 3 is 2.92 bits per heavy atom. The van der Waals surface area contributed by atoms with Gasteiger partial charge in [0.15, 0.2) is 5.55 Å². The third kappa shape index (κ3) is 1.06. The van der Waals surface area contributed by atoms with Gasteiger partial charge in [0.05, 0.1) is 0 Å². The highest BCUT2D eigenvalue weighted by Gasteiger charge is 2.23. The number of aromatic nitrogens is 4. The minimum Gasteiger partial charge on any atom is -0.216 e. The molecule has 1 radical (unpaired) electrons. The molecule has 1 aliphatic rings. The highest BCUT2D eigenvalue weighted by atomic mass is 32.2. The van der Waals surface area contributed by atoms with E-state index in [4.69, 9.17) is 0 Å². The van der Waals surface area contributed by atoms with Crippen molar-refractivity contribution in [2.24, 2.45) is 12.1 Å². The molecular weight excluding hydrogens is 176 g/mol. The van der Waals surface area contributed by atoms with Crippen LogP contribution in [0, 0.1) is 0 Å². The molecule has 2 rings (SSSR count). The smallest absolute Gasteiger partial charge is 0.216 e. The van der Waals surface area contributed by atoms with E-state index in [1.807, 2.05) is 6.92 Å². The second-order valence-electron chi connectivity index (χ2n) is 2.36. The minimum atomic E-state index is 0.217. The summed E-state index contributed by atoms with van der Waals surface area (Å²) in [5.74, 6) is 0.639. The molecule has 2 heterocycles. The largest absolute Gasteiger partial charge is 0.266 e. The van der Waals surface area contributed by atoms with Crippen molar-refractivity contribution < 1.29 is 0 Å².